The van der Waals surface area contributed by atoms with E-state index in [4.69, 9.17) is 29.4 Å². The van der Waals surface area contributed by atoms with Crippen LogP contribution in [0, 0.1) is 27.7 Å². The van der Waals surface area contributed by atoms with E-state index >= 15 is 0 Å². The van der Waals surface area contributed by atoms with Crippen LogP contribution < -0.4 is 5.30 Å². The minimum absolute atomic E-state index is 0.266. The SMILES string of the molecule is Cc1cccc([PH](O)(O)O)c1C.Cc1ccccc1C.OP(O)O. The molecule has 2 aromatic rings. The van der Waals surface area contributed by atoms with Gasteiger partial charge in [-0.1, -0.05) is 24.3 Å². The second kappa shape index (κ2) is 10.8. The van der Waals surface area contributed by atoms with E-state index < -0.39 is 16.5 Å². The average molecular weight is 376 g/mol. The fourth-order valence-corrected chi connectivity index (χ4v) is 2.80. The molecule has 136 valence electrons. The molecule has 0 atom stereocenters. The summed E-state index contributed by atoms with van der Waals surface area (Å²) < 4.78 is 0. The predicted octanol–water partition coefficient (Wildman–Crippen LogP) is 1.89. The molecule has 0 aliphatic rings. The Balaban J connectivity index is 0.000000379. The molecule has 0 unspecified atom stereocenters. The molecule has 8 heteroatoms. The van der Waals surface area contributed by atoms with Crippen molar-refractivity contribution in [2.45, 2.75) is 27.7 Å². The van der Waals surface area contributed by atoms with Gasteiger partial charge in [0.2, 0.25) is 0 Å². The first kappa shape index (κ1) is 23.1. The summed E-state index contributed by atoms with van der Waals surface area (Å²) in [6, 6.07) is 13.4. The van der Waals surface area contributed by atoms with Crippen LogP contribution in [-0.4, -0.2) is 29.4 Å². The molecule has 0 saturated carbocycles. The molecule has 6 nitrogen and oxygen atoms in total. The Hall–Kier alpha value is -0.940. The van der Waals surface area contributed by atoms with Crippen LogP contribution in [0.15, 0.2) is 42.5 Å². The first-order valence-electron chi connectivity index (χ1n) is 7.09. The fraction of sp³-hybridized carbons (Fsp3) is 0.250. The number of rotatable bonds is 1. The molecule has 0 radical (unpaired) electrons. The third-order valence-corrected chi connectivity index (χ3v) is 4.66. The molecule has 0 aliphatic carbocycles. The van der Waals surface area contributed by atoms with Crippen LogP contribution >= 0.6 is 16.5 Å². The third kappa shape index (κ3) is 9.38. The molecule has 0 saturated heterocycles. The van der Waals surface area contributed by atoms with Gasteiger partial charge in [-0.25, -0.2) is 0 Å². The van der Waals surface area contributed by atoms with Crippen molar-refractivity contribution in [2.75, 3.05) is 0 Å². The Morgan fingerprint density at radius 3 is 1.33 bits per heavy atom. The van der Waals surface area contributed by atoms with Crippen LogP contribution in [0.3, 0.4) is 0 Å². The summed E-state index contributed by atoms with van der Waals surface area (Å²) in [4.78, 5) is 48.8. The molecule has 2 rings (SSSR count). The van der Waals surface area contributed by atoms with E-state index in [0.29, 0.717) is 0 Å². The Morgan fingerprint density at radius 2 is 1.04 bits per heavy atom. The van der Waals surface area contributed by atoms with Gasteiger partial charge in [0.1, 0.15) is 0 Å². The van der Waals surface area contributed by atoms with Gasteiger partial charge in [0.25, 0.3) is 0 Å². The number of benzene rings is 2. The normalized spacial score (nSPS) is 11.1. The van der Waals surface area contributed by atoms with Crippen molar-refractivity contribution >= 4 is 21.9 Å². The Kier molecular flexibility index (Phi) is 10.4. The summed E-state index contributed by atoms with van der Waals surface area (Å²) in [6.07, 6.45) is 0. The molecule has 0 amide bonds. The van der Waals surface area contributed by atoms with Gasteiger partial charge in [-0.3, -0.25) is 0 Å². The van der Waals surface area contributed by atoms with Crippen LogP contribution in [0.2, 0.25) is 0 Å². The summed E-state index contributed by atoms with van der Waals surface area (Å²) >= 11 is 0. The first-order chi connectivity index (χ1) is 11.0. The van der Waals surface area contributed by atoms with Gasteiger partial charge >= 0.3 is 79.7 Å². The molecule has 0 fully saturated rings. The number of hydrogen-bond acceptors (Lipinski definition) is 6. The van der Waals surface area contributed by atoms with Gasteiger partial charge in [0.05, 0.1) is 0 Å². The molecule has 0 aromatic heterocycles. The molecule has 24 heavy (non-hydrogen) atoms. The van der Waals surface area contributed by atoms with Crippen molar-refractivity contribution in [1.29, 1.82) is 0 Å². The van der Waals surface area contributed by atoms with Crippen LogP contribution in [-0.2, 0) is 0 Å². The summed E-state index contributed by atoms with van der Waals surface area (Å²) in [5, 5.41) is 0.266. The van der Waals surface area contributed by atoms with Gasteiger partial charge in [0, 0.05) is 0 Å². The van der Waals surface area contributed by atoms with Gasteiger partial charge in [-0.2, -0.15) is 0 Å². The maximum Gasteiger partial charge on any atom is 0.324 e. The van der Waals surface area contributed by atoms with Crippen molar-refractivity contribution in [3.8, 4) is 0 Å². The number of hydrogen-bond donors (Lipinski definition) is 6. The fourth-order valence-electron chi connectivity index (χ4n) is 1.78. The Bertz CT molecular complexity index is 602. The third-order valence-electron chi connectivity index (χ3n) is 3.39. The van der Waals surface area contributed by atoms with E-state index in [0.717, 1.165) is 11.1 Å². The predicted molar refractivity (Wildman–Crippen MR) is 100 cm³/mol. The maximum atomic E-state index is 9.04. The zero-order chi connectivity index (χ0) is 18.9. The van der Waals surface area contributed by atoms with Crippen LogP contribution in [0.1, 0.15) is 22.3 Å². The van der Waals surface area contributed by atoms with Crippen molar-refractivity contribution in [3.05, 3.63) is 64.7 Å². The average Bonchev–Trinajstić information content (AvgIpc) is 2.44. The van der Waals surface area contributed by atoms with E-state index in [2.05, 4.69) is 38.1 Å². The monoisotopic (exact) mass is 376 g/mol. The van der Waals surface area contributed by atoms with E-state index in [1.807, 2.05) is 13.0 Å². The second-order valence-electron chi connectivity index (χ2n) is 5.24. The summed E-state index contributed by atoms with van der Waals surface area (Å²) in [6.45, 7) is 7.86. The topological polar surface area (TPSA) is 121 Å². The van der Waals surface area contributed by atoms with E-state index in [1.54, 1.807) is 13.0 Å². The maximum absolute atomic E-state index is 9.04. The number of aryl methyl sites for hydroxylation is 3. The van der Waals surface area contributed by atoms with Crippen LogP contribution in [0.4, 0.5) is 0 Å². The van der Waals surface area contributed by atoms with Gasteiger partial charge in [-0.05, 0) is 25.0 Å². The molecule has 2 aromatic carbocycles. The van der Waals surface area contributed by atoms with E-state index in [-0.39, 0.29) is 5.30 Å². The largest absolute Gasteiger partial charge is 0.328 e. The smallest absolute Gasteiger partial charge is 0.324 e. The van der Waals surface area contributed by atoms with Crippen molar-refractivity contribution < 1.29 is 29.4 Å². The first-order valence-corrected chi connectivity index (χ1v) is 10.1. The van der Waals surface area contributed by atoms with Gasteiger partial charge in [-0.15, -0.1) is 0 Å². The molecule has 0 aliphatic heterocycles. The van der Waals surface area contributed by atoms with Crippen molar-refractivity contribution in [2.24, 2.45) is 0 Å². The minimum atomic E-state index is -4.11. The quantitative estimate of drug-likeness (QED) is 0.423. The molecule has 0 spiro atoms. The molecular weight excluding hydrogens is 350 g/mol. The zero-order valence-corrected chi connectivity index (χ0v) is 16.1. The van der Waals surface area contributed by atoms with Crippen molar-refractivity contribution in [3.63, 3.8) is 0 Å². The van der Waals surface area contributed by atoms with Gasteiger partial charge in [0.15, 0.2) is 0 Å². The van der Waals surface area contributed by atoms with E-state index in [1.165, 1.54) is 17.2 Å². The standard InChI is InChI=1S/C8H13O3P.C8H10.H3O3P/c1-6-4-3-5-8(7(6)2)12(9,10)11;1-7-5-3-4-6-8(7)2;1-4(2)3/h3-5,9-12H,1-2H3;3-6H,1-2H3;1-3H. The minimum Gasteiger partial charge on any atom is -0.328 e. The Morgan fingerprint density at radius 1 is 0.667 bits per heavy atom. The molecule has 0 bridgehead atoms. The molecule has 0 heterocycles. The van der Waals surface area contributed by atoms with Crippen LogP contribution in [0.25, 0.3) is 0 Å². The second-order valence-corrected chi connectivity index (χ2v) is 7.58. The molecular formula is C16H26O6P2. The summed E-state index contributed by atoms with van der Waals surface area (Å²) in [7, 11) is -6.73. The zero-order valence-electron chi connectivity index (χ0n) is 14.2. The Labute approximate surface area is 144 Å². The summed E-state index contributed by atoms with van der Waals surface area (Å²) in [5.74, 6) is 0. The molecule has 6 N–H and O–H groups in total. The van der Waals surface area contributed by atoms with Crippen LogP contribution in [0.5, 0.6) is 0 Å². The summed E-state index contributed by atoms with van der Waals surface area (Å²) in [5.41, 5.74) is 4.43. The van der Waals surface area contributed by atoms with Gasteiger partial charge < -0.3 is 14.7 Å². The van der Waals surface area contributed by atoms with Crippen molar-refractivity contribution in [1.82, 2.24) is 0 Å². The van der Waals surface area contributed by atoms with E-state index in [9.17, 15) is 0 Å².